The van der Waals surface area contributed by atoms with Crippen LogP contribution in [0.1, 0.15) is 48.9 Å². The van der Waals surface area contributed by atoms with Gasteiger partial charge in [0.1, 0.15) is 10.8 Å². The summed E-state index contributed by atoms with van der Waals surface area (Å²) in [5, 5.41) is 6.50. The molecule has 0 fully saturated rings. The molecule has 0 aliphatic carbocycles. The van der Waals surface area contributed by atoms with Crippen molar-refractivity contribution in [2.75, 3.05) is 14.2 Å². The summed E-state index contributed by atoms with van der Waals surface area (Å²) in [6.07, 6.45) is 0. The van der Waals surface area contributed by atoms with Gasteiger partial charge in [-0.05, 0) is 50.1 Å². The first-order valence-electron chi connectivity index (χ1n) is 7.29. The zero-order valence-corrected chi connectivity index (χ0v) is 14.5. The van der Waals surface area contributed by atoms with Crippen molar-refractivity contribution in [3.8, 4) is 17.0 Å². The van der Waals surface area contributed by atoms with Gasteiger partial charge in [-0.25, -0.2) is 4.98 Å². The third kappa shape index (κ3) is 3.27. The van der Waals surface area contributed by atoms with Crippen LogP contribution in [0.3, 0.4) is 0 Å². The fourth-order valence-electron chi connectivity index (χ4n) is 2.34. The molecule has 3 nitrogen and oxygen atoms in total. The second-order valence-corrected chi connectivity index (χ2v) is 6.53. The van der Waals surface area contributed by atoms with Crippen LogP contribution in [0.15, 0.2) is 17.5 Å². The van der Waals surface area contributed by atoms with Crippen LogP contribution in [0, 0.1) is 6.92 Å². The molecule has 2 rings (SSSR count). The quantitative estimate of drug-likeness (QED) is 0.881. The molecule has 1 aromatic carbocycles. The maximum absolute atomic E-state index is 5.51. The minimum Gasteiger partial charge on any atom is -0.496 e. The molecular formula is C17H24N2OS. The topological polar surface area (TPSA) is 34.2 Å². The third-order valence-electron chi connectivity index (χ3n) is 3.80. The first-order valence-corrected chi connectivity index (χ1v) is 8.17. The summed E-state index contributed by atoms with van der Waals surface area (Å²) in [5.41, 5.74) is 4.68. The van der Waals surface area contributed by atoms with Crippen molar-refractivity contribution in [3.05, 3.63) is 33.6 Å². The number of aromatic nitrogens is 1. The molecule has 1 atom stereocenters. The van der Waals surface area contributed by atoms with E-state index in [4.69, 9.17) is 9.72 Å². The Kier molecular flexibility index (Phi) is 5.01. The SMILES string of the molecule is CNC(C)c1nc(-c2cc(C(C)C)c(OC)cc2C)cs1. The van der Waals surface area contributed by atoms with E-state index in [1.54, 1.807) is 18.4 Å². The lowest BCUT2D eigenvalue weighted by Gasteiger charge is -2.15. The molecule has 0 amide bonds. The highest BCUT2D eigenvalue weighted by Gasteiger charge is 2.15. The van der Waals surface area contributed by atoms with Gasteiger partial charge in [0.2, 0.25) is 0 Å². The van der Waals surface area contributed by atoms with E-state index in [2.05, 4.69) is 50.5 Å². The van der Waals surface area contributed by atoms with E-state index in [-0.39, 0.29) is 6.04 Å². The van der Waals surface area contributed by atoms with Crippen LogP contribution in [0.2, 0.25) is 0 Å². The highest BCUT2D eigenvalue weighted by molar-refractivity contribution is 7.10. The molecule has 0 saturated heterocycles. The molecule has 1 N–H and O–H groups in total. The molecule has 0 aliphatic heterocycles. The zero-order chi connectivity index (χ0) is 15.6. The van der Waals surface area contributed by atoms with E-state index in [1.165, 1.54) is 16.7 Å². The maximum atomic E-state index is 5.51. The van der Waals surface area contributed by atoms with Crippen molar-refractivity contribution in [2.45, 2.75) is 39.7 Å². The van der Waals surface area contributed by atoms with Gasteiger partial charge >= 0.3 is 0 Å². The Labute approximate surface area is 131 Å². The van der Waals surface area contributed by atoms with Crippen LogP contribution in [0.5, 0.6) is 5.75 Å². The molecule has 0 spiro atoms. The van der Waals surface area contributed by atoms with E-state index in [0.717, 1.165) is 16.5 Å². The summed E-state index contributed by atoms with van der Waals surface area (Å²) < 4.78 is 5.51. The fourth-order valence-corrected chi connectivity index (χ4v) is 3.22. The van der Waals surface area contributed by atoms with Gasteiger partial charge in [0.25, 0.3) is 0 Å². The molecule has 0 aliphatic rings. The summed E-state index contributed by atoms with van der Waals surface area (Å²) in [6, 6.07) is 4.62. The molecule has 21 heavy (non-hydrogen) atoms. The predicted octanol–water partition coefficient (Wildman–Crippen LogP) is 4.53. The first kappa shape index (κ1) is 16.0. The van der Waals surface area contributed by atoms with Crippen molar-refractivity contribution in [1.29, 1.82) is 0 Å². The van der Waals surface area contributed by atoms with Crippen LogP contribution in [-0.2, 0) is 0 Å². The van der Waals surface area contributed by atoms with Gasteiger partial charge < -0.3 is 10.1 Å². The van der Waals surface area contributed by atoms with Crippen molar-refractivity contribution in [3.63, 3.8) is 0 Å². The Bertz CT molecular complexity index is 619. The van der Waals surface area contributed by atoms with Gasteiger partial charge in [0.05, 0.1) is 18.8 Å². The lowest BCUT2D eigenvalue weighted by molar-refractivity contribution is 0.407. The zero-order valence-electron chi connectivity index (χ0n) is 13.7. The highest BCUT2D eigenvalue weighted by Crippen LogP contribution is 2.35. The van der Waals surface area contributed by atoms with Crippen molar-refractivity contribution >= 4 is 11.3 Å². The maximum Gasteiger partial charge on any atom is 0.122 e. The molecule has 1 aromatic heterocycles. The Morgan fingerprint density at radius 3 is 2.52 bits per heavy atom. The second kappa shape index (κ2) is 6.58. The number of aryl methyl sites for hydroxylation is 1. The smallest absolute Gasteiger partial charge is 0.122 e. The molecule has 114 valence electrons. The fraction of sp³-hybridized carbons (Fsp3) is 0.471. The molecule has 1 heterocycles. The lowest BCUT2D eigenvalue weighted by Crippen LogP contribution is -2.11. The Hall–Kier alpha value is -1.39. The minimum absolute atomic E-state index is 0.284. The van der Waals surface area contributed by atoms with Crippen molar-refractivity contribution < 1.29 is 4.74 Å². The van der Waals surface area contributed by atoms with E-state index in [1.807, 2.05) is 7.05 Å². The average molecular weight is 304 g/mol. The summed E-state index contributed by atoms with van der Waals surface area (Å²) >= 11 is 1.71. The van der Waals surface area contributed by atoms with Crippen LogP contribution in [0.25, 0.3) is 11.3 Å². The van der Waals surface area contributed by atoms with Gasteiger partial charge in [0.15, 0.2) is 0 Å². The van der Waals surface area contributed by atoms with E-state index in [0.29, 0.717) is 5.92 Å². The molecular weight excluding hydrogens is 280 g/mol. The first-order chi connectivity index (χ1) is 9.97. The Morgan fingerprint density at radius 2 is 1.95 bits per heavy atom. The van der Waals surface area contributed by atoms with Gasteiger partial charge in [-0.15, -0.1) is 11.3 Å². The number of hydrogen-bond acceptors (Lipinski definition) is 4. The minimum atomic E-state index is 0.284. The van der Waals surface area contributed by atoms with Crippen molar-refractivity contribution in [1.82, 2.24) is 10.3 Å². The van der Waals surface area contributed by atoms with Gasteiger partial charge in [-0.3, -0.25) is 0 Å². The van der Waals surface area contributed by atoms with Crippen LogP contribution in [-0.4, -0.2) is 19.1 Å². The number of rotatable bonds is 5. The third-order valence-corrected chi connectivity index (χ3v) is 4.83. The molecule has 1 unspecified atom stereocenters. The van der Waals surface area contributed by atoms with Gasteiger partial charge in [-0.1, -0.05) is 13.8 Å². The van der Waals surface area contributed by atoms with Crippen LogP contribution < -0.4 is 10.1 Å². The highest BCUT2D eigenvalue weighted by atomic mass is 32.1. The van der Waals surface area contributed by atoms with E-state index < -0.39 is 0 Å². The number of ether oxygens (including phenoxy) is 1. The monoisotopic (exact) mass is 304 g/mol. The molecule has 0 bridgehead atoms. The summed E-state index contributed by atoms with van der Waals surface area (Å²) in [7, 11) is 3.69. The predicted molar refractivity (Wildman–Crippen MR) is 90.4 cm³/mol. The molecule has 0 radical (unpaired) electrons. The lowest BCUT2D eigenvalue weighted by atomic mass is 9.95. The molecule has 0 saturated carbocycles. The van der Waals surface area contributed by atoms with Crippen molar-refractivity contribution in [2.24, 2.45) is 0 Å². The molecule has 4 heteroatoms. The summed E-state index contributed by atoms with van der Waals surface area (Å²) in [4.78, 5) is 4.78. The Balaban J connectivity index is 2.48. The number of nitrogens with zero attached hydrogens (tertiary/aromatic N) is 1. The number of benzene rings is 1. The van der Waals surface area contributed by atoms with Gasteiger partial charge in [-0.2, -0.15) is 0 Å². The molecule has 2 aromatic rings. The number of methoxy groups -OCH3 is 1. The van der Waals surface area contributed by atoms with E-state index >= 15 is 0 Å². The number of hydrogen-bond donors (Lipinski definition) is 1. The average Bonchev–Trinajstić information content (AvgIpc) is 2.95. The summed E-state index contributed by atoms with van der Waals surface area (Å²) in [5.74, 6) is 1.39. The van der Waals surface area contributed by atoms with Crippen LogP contribution in [0.4, 0.5) is 0 Å². The number of thiazole rings is 1. The summed E-state index contributed by atoms with van der Waals surface area (Å²) in [6.45, 7) is 8.62. The number of nitrogens with one attached hydrogen (secondary N) is 1. The van der Waals surface area contributed by atoms with Crippen LogP contribution >= 0.6 is 11.3 Å². The van der Waals surface area contributed by atoms with Gasteiger partial charge in [0, 0.05) is 10.9 Å². The standard InChI is InChI=1S/C17H24N2OS/c1-10(2)13-8-14(11(3)7-16(13)20-6)15-9-21-17(19-15)12(4)18-5/h7-10,12,18H,1-6H3. The second-order valence-electron chi connectivity index (χ2n) is 5.65. The normalized spacial score (nSPS) is 12.7. The Morgan fingerprint density at radius 1 is 1.24 bits per heavy atom. The largest absolute Gasteiger partial charge is 0.496 e. The van der Waals surface area contributed by atoms with E-state index in [9.17, 15) is 0 Å².